The first-order chi connectivity index (χ1) is 37.2. The predicted octanol–water partition coefficient (Wildman–Crippen LogP) is -4.45. The van der Waals surface area contributed by atoms with E-state index >= 15 is 0 Å². The van der Waals surface area contributed by atoms with Crippen LogP contribution in [0.5, 0.6) is 5.75 Å². The fraction of sp³-hybridized carbons (Fsp3) is 0.520. The Labute approximate surface area is 454 Å². The quantitative estimate of drug-likeness (QED) is 0.0176. The van der Waals surface area contributed by atoms with Crippen molar-refractivity contribution in [3.05, 3.63) is 65.7 Å². The lowest BCUT2D eigenvalue weighted by molar-refractivity contribution is -0.143. The Morgan fingerprint density at radius 3 is 1.52 bits per heavy atom. The lowest BCUT2D eigenvalue weighted by Gasteiger charge is -2.30. The Morgan fingerprint density at radius 2 is 0.987 bits per heavy atom. The van der Waals surface area contributed by atoms with E-state index < -0.39 is 164 Å². The van der Waals surface area contributed by atoms with Gasteiger partial charge in [-0.2, -0.15) is 0 Å². The number of aliphatic hydroxyl groups excluding tert-OH is 2. The molecular formula is C50H74N12O17. The minimum absolute atomic E-state index is 0.119. The zero-order valence-corrected chi connectivity index (χ0v) is 44.2. The van der Waals surface area contributed by atoms with Crippen molar-refractivity contribution in [2.24, 2.45) is 34.0 Å². The number of carboxylic acids is 3. The smallest absolute Gasteiger partial charge is 0.326 e. The van der Waals surface area contributed by atoms with Crippen LogP contribution in [-0.2, 0) is 65.6 Å². The van der Waals surface area contributed by atoms with Crippen LogP contribution >= 0.6 is 0 Å². The number of guanidine groups is 1. The van der Waals surface area contributed by atoms with Crippen LogP contribution in [-0.4, -0.2) is 176 Å². The Balaban J connectivity index is 2.36. The van der Waals surface area contributed by atoms with E-state index in [4.69, 9.17) is 17.2 Å². The molecule has 0 saturated carbocycles. The molecule has 2 aromatic rings. The first-order valence-electron chi connectivity index (χ1n) is 25.1. The number of carbonyl (C=O) groups is 11. The first kappa shape index (κ1) is 66.7. The molecular weight excluding hydrogens is 1040 g/mol. The lowest BCUT2D eigenvalue weighted by atomic mass is 9.95. The molecule has 29 nitrogen and oxygen atoms in total. The van der Waals surface area contributed by atoms with E-state index in [1.54, 1.807) is 58.0 Å². The van der Waals surface area contributed by atoms with Crippen molar-refractivity contribution in [2.45, 2.75) is 133 Å². The molecule has 436 valence electrons. The van der Waals surface area contributed by atoms with Crippen LogP contribution in [0.15, 0.2) is 59.6 Å². The molecule has 0 aliphatic heterocycles. The van der Waals surface area contributed by atoms with E-state index in [2.05, 4.69) is 47.5 Å². The van der Waals surface area contributed by atoms with Crippen molar-refractivity contribution in [3.8, 4) is 5.75 Å². The number of aliphatic imine (C=N–C) groups is 1. The maximum absolute atomic E-state index is 14.2. The van der Waals surface area contributed by atoms with Gasteiger partial charge in [0.25, 0.3) is 0 Å². The highest BCUT2D eigenvalue weighted by Crippen LogP contribution is 2.14. The number of amides is 8. The van der Waals surface area contributed by atoms with Gasteiger partial charge < -0.3 is 90.4 Å². The number of aliphatic carboxylic acids is 3. The molecule has 29 heteroatoms. The topological polar surface area (TPSA) is 496 Å². The van der Waals surface area contributed by atoms with Gasteiger partial charge >= 0.3 is 17.9 Å². The molecule has 0 bridgehead atoms. The molecule has 0 aliphatic carbocycles. The normalized spacial score (nSPS) is 14.8. The zero-order chi connectivity index (χ0) is 59.5. The fourth-order valence-electron chi connectivity index (χ4n) is 7.45. The van der Waals surface area contributed by atoms with Gasteiger partial charge in [0.2, 0.25) is 47.3 Å². The molecule has 0 aliphatic rings. The Hall–Kier alpha value is -8.44. The number of aromatic hydroxyl groups is 1. The number of phenolic OH excluding ortho intramolecular Hbond substituents is 1. The van der Waals surface area contributed by atoms with E-state index in [-0.39, 0.29) is 37.5 Å². The summed E-state index contributed by atoms with van der Waals surface area (Å²) >= 11 is 0. The number of hydrogen-bond donors (Lipinski definition) is 17. The van der Waals surface area contributed by atoms with Gasteiger partial charge in [-0.1, -0.05) is 76.6 Å². The summed E-state index contributed by atoms with van der Waals surface area (Å²) in [6.45, 7) is 4.53. The second-order valence-corrected chi connectivity index (χ2v) is 18.8. The summed E-state index contributed by atoms with van der Waals surface area (Å²) in [4.78, 5) is 149. The summed E-state index contributed by atoms with van der Waals surface area (Å²) in [5.74, 6) is -14.7. The Kier molecular flexibility index (Phi) is 28.4. The number of nitrogens with zero attached hydrogens (tertiary/aromatic N) is 1. The van der Waals surface area contributed by atoms with Gasteiger partial charge in [0.15, 0.2) is 5.96 Å². The van der Waals surface area contributed by atoms with Crippen LogP contribution in [0.25, 0.3) is 0 Å². The number of hydrogen-bond acceptors (Lipinski definition) is 16. The van der Waals surface area contributed by atoms with Crippen LogP contribution in [0.2, 0.25) is 0 Å². The van der Waals surface area contributed by atoms with Gasteiger partial charge in [-0.3, -0.25) is 52.9 Å². The van der Waals surface area contributed by atoms with Crippen LogP contribution in [0.1, 0.15) is 77.3 Å². The van der Waals surface area contributed by atoms with E-state index in [9.17, 15) is 83.4 Å². The van der Waals surface area contributed by atoms with Crippen LogP contribution in [0, 0.1) is 11.8 Å². The van der Waals surface area contributed by atoms with Gasteiger partial charge in [-0.15, -0.1) is 0 Å². The minimum atomic E-state index is -2.02. The van der Waals surface area contributed by atoms with E-state index in [1.807, 2.05) is 0 Å². The van der Waals surface area contributed by atoms with Gasteiger partial charge in [-0.05, 0) is 54.4 Å². The van der Waals surface area contributed by atoms with Crippen LogP contribution in [0.4, 0.5) is 0 Å². The number of phenols is 1. The highest BCUT2D eigenvalue weighted by molar-refractivity contribution is 5.99. The fourth-order valence-corrected chi connectivity index (χ4v) is 7.45. The van der Waals surface area contributed by atoms with E-state index in [0.29, 0.717) is 24.0 Å². The number of carboxylic acid groups (broad SMARTS) is 3. The van der Waals surface area contributed by atoms with Crippen LogP contribution < -0.4 is 59.7 Å². The molecule has 0 aromatic heterocycles. The highest BCUT2D eigenvalue weighted by Gasteiger charge is 2.37. The number of nitrogens with two attached hydrogens (primary N) is 3. The lowest BCUT2D eigenvalue weighted by Crippen LogP contribution is -2.62. The highest BCUT2D eigenvalue weighted by atomic mass is 16.4. The van der Waals surface area contributed by atoms with Crippen molar-refractivity contribution in [1.29, 1.82) is 0 Å². The maximum atomic E-state index is 14.2. The molecule has 20 N–H and O–H groups in total. The monoisotopic (exact) mass is 1110 g/mol. The minimum Gasteiger partial charge on any atom is -0.508 e. The van der Waals surface area contributed by atoms with Crippen molar-refractivity contribution < 1.29 is 83.4 Å². The molecule has 10 atom stereocenters. The van der Waals surface area contributed by atoms with Crippen molar-refractivity contribution in [1.82, 2.24) is 42.5 Å². The second kappa shape index (κ2) is 33.7. The molecule has 0 unspecified atom stereocenters. The molecule has 0 fully saturated rings. The summed E-state index contributed by atoms with van der Waals surface area (Å²) in [5.41, 5.74) is 17.4. The maximum Gasteiger partial charge on any atom is 0.326 e. The summed E-state index contributed by atoms with van der Waals surface area (Å²) in [6.07, 6.45) is -2.31. The molecule has 8 amide bonds. The van der Waals surface area contributed by atoms with Gasteiger partial charge in [0.05, 0.1) is 25.7 Å². The summed E-state index contributed by atoms with van der Waals surface area (Å²) in [6, 6.07) is -1.06. The van der Waals surface area contributed by atoms with E-state index in [0.717, 1.165) is 0 Å². The molecule has 79 heavy (non-hydrogen) atoms. The molecule has 2 rings (SSSR count). The summed E-state index contributed by atoms with van der Waals surface area (Å²) in [7, 11) is 0. The largest absolute Gasteiger partial charge is 0.508 e. The standard InChI is InChI=1S/C50H74N12O17/c1-5-26(4)40(62-46(75)36(24-64)59-41(70)30(51)12-9-19-54-50(52)53)48(77)61-39(25(2)3)47(76)57-32(20-27-10-7-6-8-11-27)43(72)56-33(22-38(68)69)44(73)60-35(23-63)45(74)55-31(17-18-37(66)67)42(71)58-34(49(78)79)21-28-13-15-29(65)16-14-28/h6-8,10-11,13-16,25-26,30-36,39-40,63-65H,5,9,12,17-24,51H2,1-4H3,(H,55,74)(H,56,72)(H,57,76)(H,58,71)(H,59,70)(H,60,73)(H,61,77)(H,62,75)(H,66,67)(H,68,69)(H,78,79)(H4,52,53,54)/t26-,30-,31-,32-,33-,34-,35-,36-,39-,40-/m0/s1. The van der Waals surface area contributed by atoms with Gasteiger partial charge in [-0.25, -0.2) is 4.79 Å². The number of rotatable bonds is 35. The summed E-state index contributed by atoms with van der Waals surface area (Å²) in [5, 5.41) is 77.5. The predicted molar refractivity (Wildman–Crippen MR) is 281 cm³/mol. The zero-order valence-electron chi connectivity index (χ0n) is 44.2. The Bertz CT molecular complexity index is 2440. The SMILES string of the molecule is CC[C@H](C)[C@H](NC(=O)[C@H](CO)NC(=O)[C@@H](N)CCCN=C(N)N)C(=O)N[C@H](C(=O)N[C@@H](Cc1ccccc1)C(=O)N[C@@H](CC(=O)O)C(=O)N[C@@H](CO)C(=O)N[C@@H](CCC(=O)O)C(=O)N[C@@H](Cc1ccc(O)cc1)C(=O)O)C(C)C. The molecule has 0 spiro atoms. The molecule has 0 heterocycles. The average molecular weight is 1120 g/mol. The third-order valence-corrected chi connectivity index (χ3v) is 12.2. The van der Waals surface area contributed by atoms with Crippen LogP contribution in [0.3, 0.4) is 0 Å². The second-order valence-electron chi connectivity index (χ2n) is 18.8. The number of carbonyl (C=O) groups excluding carboxylic acids is 8. The Morgan fingerprint density at radius 1 is 0.532 bits per heavy atom. The van der Waals surface area contributed by atoms with Crippen molar-refractivity contribution in [2.75, 3.05) is 19.8 Å². The van der Waals surface area contributed by atoms with Gasteiger partial charge in [0, 0.05) is 25.8 Å². The molecule has 0 saturated heterocycles. The number of benzene rings is 2. The van der Waals surface area contributed by atoms with Crippen molar-refractivity contribution >= 4 is 71.1 Å². The van der Waals surface area contributed by atoms with E-state index in [1.165, 1.54) is 24.3 Å². The third-order valence-electron chi connectivity index (χ3n) is 12.2. The first-order valence-corrected chi connectivity index (χ1v) is 25.1. The number of aliphatic hydroxyl groups is 2. The molecule has 0 radical (unpaired) electrons. The number of nitrogens with one attached hydrogen (secondary N) is 8. The third kappa shape index (κ3) is 23.8. The summed E-state index contributed by atoms with van der Waals surface area (Å²) < 4.78 is 0. The van der Waals surface area contributed by atoms with Gasteiger partial charge in [0.1, 0.15) is 54.1 Å². The molecule has 2 aromatic carbocycles. The van der Waals surface area contributed by atoms with Crippen molar-refractivity contribution in [3.63, 3.8) is 0 Å². The average Bonchev–Trinajstić information content (AvgIpc) is 3.39.